The lowest BCUT2D eigenvalue weighted by Crippen LogP contribution is -2.08. The minimum absolute atomic E-state index is 0.294. The first-order chi connectivity index (χ1) is 11.1. The summed E-state index contributed by atoms with van der Waals surface area (Å²) in [6, 6.07) is 14.8. The van der Waals surface area contributed by atoms with E-state index >= 15 is 0 Å². The van der Waals surface area contributed by atoms with Crippen LogP contribution < -0.4 is 10.5 Å². The van der Waals surface area contributed by atoms with Crippen LogP contribution in [0.3, 0.4) is 0 Å². The number of nitrogens with zero attached hydrogens (tertiary/aromatic N) is 1. The molecule has 0 bridgehead atoms. The molecule has 4 heteroatoms. The van der Waals surface area contributed by atoms with Crippen LogP contribution in [0, 0.1) is 5.82 Å². The van der Waals surface area contributed by atoms with E-state index < -0.39 is 0 Å². The molecule has 0 aliphatic heterocycles. The van der Waals surface area contributed by atoms with Crippen molar-refractivity contribution in [3.8, 4) is 5.75 Å². The Balaban J connectivity index is 1.98. The van der Waals surface area contributed by atoms with Crippen LogP contribution in [0.2, 0.25) is 0 Å². The van der Waals surface area contributed by atoms with Gasteiger partial charge in [-0.3, -0.25) is 0 Å². The third-order valence-corrected chi connectivity index (χ3v) is 3.97. The predicted octanol–water partition coefficient (Wildman–Crippen LogP) is 4.40. The molecule has 0 fully saturated rings. The van der Waals surface area contributed by atoms with Gasteiger partial charge in [0.2, 0.25) is 0 Å². The largest absolute Gasteiger partial charge is 0.487 e. The molecule has 0 saturated carbocycles. The SMILES string of the molecule is CC(C)n1c(COc2cccc(F)c2)cc2c(CN)cccc21. The van der Waals surface area contributed by atoms with Gasteiger partial charge < -0.3 is 15.0 Å². The molecule has 23 heavy (non-hydrogen) atoms. The van der Waals surface area contributed by atoms with E-state index in [0.29, 0.717) is 24.9 Å². The first-order valence-corrected chi connectivity index (χ1v) is 7.80. The van der Waals surface area contributed by atoms with Crippen LogP contribution in [0.1, 0.15) is 31.1 Å². The van der Waals surface area contributed by atoms with Crippen molar-refractivity contribution >= 4 is 10.9 Å². The van der Waals surface area contributed by atoms with E-state index in [1.165, 1.54) is 12.1 Å². The van der Waals surface area contributed by atoms with Crippen molar-refractivity contribution in [2.75, 3.05) is 0 Å². The number of benzene rings is 2. The fourth-order valence-electron chi connectivity index (χ4n) is 2.98. The number of nitrogens with two attached hydrogens (primary N) is 1. The highest BCUT2D eigenvalue weighted by Crippen LogP contribution is 2.28. The molecule has 1 heterocycles. The number of rotatable bonds is 5. The molecule has 0 aliphatic carbocycles. The Morgan fingerprint density at radius 2 is 1.91 bits per heavy atom. The molecule has 0 radical (unpaired) electrons. The summed E-state index contributed by atoms with van der Waals surface area (Å²) in [6.45, 7) is 5.17. The Labute approximate surface area is 135 Å². The summed E-state index contributed by atoms with van der Waals surface area (Å²) in [5, 5.41) is 1.15. The van der Waals surface area contributed by atoms with Crippen LogP contribution in [-0.4, -0.2) is 4.57 Å². The van der Waals surface area contributed by atoms with E-state index in [4.69, 9.17) is 10.5 Å². The van der Waals surface area contributed by atoms with E-state index in [1.54, 1.807) is 12.1 Å². The number of hydrogen-bond acceptors (Lipinski definition) is 2. The third kappa shape index (κ3) is 3.08. The second kappa shape index (κ2) is 6.42. The maximum Gasteiger partial charge on any atom is 0.128 e. The van der Waals surface area contributed by atoms with Gasteiger partial charge in [0, 0.05) is 29.6 Å². The zero-order chi connectivity index (χ0) is 16.4. The minimum Gasteiger partial charge on any atom is -0.487 e. The number of halogens is 1. The van der Waals surface area contributed by atoms with Gasteiger partial charge in [-0.25, -0.2) is 4.39 Å². The molecule has 120 valence electrons. The fraction of sp³-hybridized carbons (Fsp3) is 0.263. The second-order valence-corrected chi connectivity index (χ2v) is 5.90. The van der Waals surface area contributed by atoms with Gasteiger partial charge in [0.05, 0.1) is 5.69 Å². The van der Waals surface area contributed by atoms with E-state index in [0.717, 1.165) is 22.2 Å². The van der Waals surface area contributed by atoms with Crippen molar-refractivity contribution in [2.24, 2.45) is 5.73 Å². The average Bonchev–Trinajstić information content (AvgIpc) is 2.91. The second-order valence-electron chi connectivity index (χ2n) is 5.90. The number of aromatic nitrogens is 1. The zero-order valence-corrected chi connectivity index (χ0v) is 13.4. The molecule has 0 aliphatic rings. The number of hydrogen-bond donors (Lipinski definition) is 1. The van der Waals surface area contributed by atoms with Crippen LogP contribution in [0.5, 0.6) is 5.75 Å². The quantitative estimate of drug-likeness (QED) is 0.758. The molecular weight excluding hydrogens is 291 g/mol. The van der Waals surface area contributed by atoms with Gasteiger partial charge in [0.1, 0.15) is 18.2 Å². The van der Waals surface area contributed by atoms with Crippen LogP contribution in [-0.2, 0) is 13.2 Å². The summed E-state index contributed by atoms with van der Waals surface area (Å²) >= 11 is 0. The summed E-state index contributed by atoms with van der Waals surface area (Å²) in [5.74, 6) is 0.238. The summed E-state index contributed by atoms with van der Waals surface area (Å²) < 4.78 is 21.3. The predicted molar refractivity (Wildman–Crippen MR) is 90.9 cm³/mol. The fourth-order valence-corrected chi connectivity index (χ4v) is 2.98. The van der Waals surface area contributed by atoms with E-state index in [2.05, 4.69) is 30.5 Å². The van der Waals surface area contributed by atoms with Crippen molar-refractivity contribution in [1.29, 1.82) is 0 Å². The Morgan fingerprint density at radius 3 is 2.61 bits per heavy atom. The summed E-state index contributed by atoms with van der Waals surface area (Å²) in [7, 11) is 0. The Morgan fingerprint density at radius 1 is 1.13 bits per heavy atom. The van der Waals surface area contributed by atoms with Crippen molar-refractivity contribution in [2.45, 2.75) is 33.0 Å². The van der Waals surface area contributed by atoms with Crippen LogP contribution in [0.25, 0.3) is 10.9 Å². The van der Waals surface area contributed by atoms with Gasteiger partial charge in [-0.15, -0.1) is 0 Å². The molecule has 1 aromatic heterocycles. The van der Waals surface area contributed by atoms with Gasteiger partial charge in [-0.1, -0.05) is 18.2 Å². The maximum atomic E-state index is 13.3. The maximum absolute atomic E-state index is 13.3. The average molecular weight is 312 g/mol. The van der Waals surface area contributed by atoms with Crippen molar-refractivity contribution in [3.05, 3.63) is 65.6 Å². The third-order valence-electron chi connectivity index (χ3n) is 3.97. The molecule has 2 aromatic carbocycles. The number of fused-ring (bicyclic) bond motifs is 1. The van der Waals surface area contributed by atoms with Crippen LogP contribution in [0.15, 0.2) is 48.5 Å². The standard InChI is InChI=1S/C19H21FN2O/c1-13(2)22-16(12-23-17-7-4-6-15(20)9-17)10-18-14(11-21)5-3-8-19(18)22/h3-10,13H,11-12,21H2,1-2H3. The molecule has 0 spiro atoms. The summed E-state index contributed by atoms with van der Waals surface area (Å²) in [5.41, 5.74) is 9.18. The van der Waals surface area contributed by atoms with E-state index in [1.807, 2.05) is 12.1 Å². The molecule has 3 aromatic rings. The Hall–Kier alpha value is -2.33. The molecule has 0 unspecified atom stereocenters. The van der Waals surface area contributed by atoms with E-state index in [-0.39, 0.29) is 5.82 Å². The smallest absolute Gasteiger partial charge is 0.128 e. The summed E-state index contributed by atoms with van der Waals surface area (Å²) in [6.07, 6.45) is 0. The van der Waals surface area contributed by atoms with Crippen LogP contribution in [0.4, 0.5) is 4.39 Å². The minimum atomic E-state index is -0.294. The topological polar surface area (TPSA) is 40.2 Å². The lowest BCUT2D eigenvalue weighted by Gasteiger charge is -2.15. The molecule has 2 N–H and O–H groups in total. The highest BCUT2D eigenvalue weighted by molar-refractivity contribution is 5.85. The molecule has 0 atom stereocenters. The lowest BCUT2D eigenvalue weighted by atomic mass is 10.1. The van der Waals surface area contributed by atoms with Gasteiger partial charge in [-0.05, 0) is 43.7 Å². The first-order valence-electron chi connectivity index (χ1n) is 7.80. The normalized spacial score (nSPS) is 11.3. The van der Waals surface area contributed by atoms with Gasteiger partial charge >= 0.3 is 0 Å². The van der Waals surface area contributed by atoms with E-state index in [9.17, 15) is 4.39 Å². The number of ether oxygens (including phenoxy) is 1. The zero-order valence-electron chi connectivity index (χ0n) is 13.4. The Kier molecular flexibility index (Phi) is 4.35. The molecule has 3 nitrogen and oxygen atoms in total. The van der Waals surface area contributed by atoms with Crippen LogP contribution >= 0.6 is 0 Å². The molecular formula is C19H21FN2O. The first kappa shape index (κ1) is 15.6. The van der Waals surface area contributed by atoms with Gasteiger partial charge in [0.15, 0.2) is 0 Å². The molecule has 0 amide bonds. The lowest BCUT2D eigenvalue weighted by molar-refractivity contribution is 0.291. The molecule has 3 rings (SSSR count). The highest BCUT2D eigenvalue weighted by Gasteiger charge is 2.14. The summed E-state index contributed by atoms with van der Waals surface area (Å²) in [4.78, 5) is 0. The monoisotopic (exact) mass is 312 g/mol. The van der Waals surface area contributed by atoms with Gasteiger partial charge in [-0.2, -0.15) is 0 Å². The van der Waals surface area contributed by atoms with Crippen molar-refractivity contribution in [1.82, 2.24) is 4.57 Å². The van der Waals surface area contributed by atoms with Crippen molar-refractivity contribution in [3.63, 3.8) is 0 Å². The highest BCUT2D eigenvalue weighted by atomic mass is 19.1. The van der Waals surface area contributed by atoms with Gasteiger partial charge in [0.25, 0.3) is 0 Å². The van der Waals surface area contributed by atoms with Crippen molar-refractivity contribution < 1.29 is 9.13 Å². The Bertz CT molecular complexity index is 823. The molecule has 0 saturated heterocycles.